The number of carbonyl (C=O) groups excluding carboxylic acids is 3. The van der Waals surface area contributed by atoms with Crippen LogP contribution in [0, 0.1) is 90.8 Å². The number of aromatic hydroxyl groups is 1. The molecule has 3 aromatic carbocycles. The number of fused-ring (bicyclic) bond motifs is 3. The van der Waals surface area contributed by atoms with Crippen LogP contribution in [0.2, 0.25) is 45.2 Å². The number of anilines is 5. The van der Waals surface area contributed by atoms with Crippen LogP contribution in [-0.4, -0.2) is 158 Å². The minimum absolute atomic E-state index is 0.000758. The number of aryl methyl sites for hydroxylation is 3. The summed E-state index contributed by atoms with van der Waals surface area (Å²) in [6, 6.07) is 15.0. The van der Waals surface area contributed by atoms with Gasteiger partial charge in [-0.1, -0.05) is 166 Å². The number of benzene rings is 3. The van der Waals surface area contributed by atoms with E-state index in [4.69, 9.17) is 131 Å². The summed E-state index contributed by atoms with van der Waals surface area (Å²) >= 11 is 56.8. The van der Waals surface area contributed by atoms with Gasteiger partial charge < -0.3 is 46.0 Å². The summed E-state index contributed by atoms with van der Waals surface area (Å²) in [5, 5.41) is 39.1. The Hall–Kier alpha value is -12.7. The average Bonchev–Trinajstić information content (AvgIpc) is 0.726. The molecule has 3 aliphatic heterocycles. The van der Waals surface area contributed by atoms with E-state index in [0.29, 0.717) is 81.5 Å². The molecule has 9 aromatic heterocycles. The van der Waals surface area contributed by atoms with Crippen LogP contribution in [0.15, 0.2) is 107 Å². The van der Waals surface area contributed by atoms with Crippen LogP contribution >= 0.6 is 104 Å². The SMILES string of the molecule is C=CC(=O)N1CCN(c2c(C#N)c(=O)n(-c3c(C)ccnc3C(C)C)c3nc(-c4c(C)c(Cl)c(F)c(Cl)c4O)c(Cl)cc23)C[C@H]1C.C=CC(=O)N1CCN(c2c(C#N)c(=O)n(-c3c(C)ccnc3C(C)C)c3nc(-c4c(N)c(Cl)c(F)c(Cl)c4F)c(Cl)cc23)C[C@H]1C.C=CC(=O)N1CCN(c2c(C#N)c(=O)n(-c3c(C)ccnc3C(C)C)c3nc(-c4c(N)c(Cl)c(F)c(Cl)c4F)c(Cl)cc23)C[C@H]1C. The molecule has 5 N–H and O–H groups in total. The Morgan fingerprint density at radius 1 is 0.428 bits per heavy atom. The maximum Gasteiger partial charge on any atom is 0.276 e. The van der Waals surface area contributed by atoms with Crippen molar-refractivity contribution in [1.82, 2.24) is 58.3 Å². The maximum atomic E-state index is 15.6. The number of piperazine rings is 3. The highest BCUT2D eigenvalue weighted by molar-refractivity contribution is 6.41. The summed E-state index contributed by atoms with van der Waals surface area (Å²) in [5.41, 5.74) is 13.2. The quantitative estimate of drug-likeness (QED) is 0.0282. The van der Waals surface area contributed by atoms with Crippen molar-refractivity contribution in [3.63, 3.8) is 0 Å². The molecule has 3 fully saturated rings. The van der Waals surface area contributed by atoms with E-state index in [1.165, 1.54) is 51.0 Å². The molecule has 0 unspecified atom stereocenters. The number of nitrogens with two attached hydrogens (primary N) is 2. The Kier molecular flexibility index (Phi) is 30.4. The molecule has 3 saturated heterocycles. The lowest BCUT2D eigenvalue weighted by Gasteiger charge is -2.41. The summed E-state index contributed by atoms with van der Waals surface area (Å²) in [6.45, 7) is 37.2. The number of hydrogen-bond acceptors (Lipinski definition) is 21. The van der Waals surface area contributed by atoms with Gasteiger partial charge in [-0.25, -0.2) is 36.9 Å². The summed E-state index contributed by atoms with van der Waals surface area (Å²) in [6.07, 6.45) is 8.59. The Morgan fingerprint density at radius 2 is 0.696 bits per heavy atom. The molecule has 0 aliphatic carbocycles. The van der Waals surface area contributed by atoms with Crippen molar-refractivity contribution in [2.45, 2.75) is 126 Å². The summed E-state index contributed by atoms with van der Waals surface area (Å²) in [7, 11) is 0. The molecule has 12 aromatic rings. The van der Waals surface area contributed by atoms with Crippen molar-refractivity contribution >= 4 is 184 Å². The number of carbonyl (C=O) groups is 3. The lowest BCUT2D eigenvalue weighted by atomic mass is 10.0. The minimum atomic E-state index is -1.24. The predicted octanol–water partition coefficient (Wildman–Crippen LogP) is 20.7. The minimum Gasteiger partial charge on any atom is -0.506 e. The first-order valence-corrected chi connectivity index (χ1v) is 46.2. The largest absolute Gasteiger partial charge is 0.506 e. The second-order valence-electron chi connectivity index (χ2n) is 34.0. The third-order valence-electron chi connectivity index (χ3n) is 24.4. The number of phenolic OH excluding ortho intramolecular Hbond substituents is 1. The van der Waals surface area contributed by atoms with Crippen LogP contribution in [0.5, 0.6) is 5.75 Å². The number of hydrogen-bond donors (Lipinski definition) is 3. The van der Waals surface area contributed by atoms with E-state index in [-0.39, 0.29) is 197 Å². The van der Waals surface area contributed by atoms with Gasteiger partial charge in [0.15, 0.2) is 29.1 Å². The van der Waals surface area contributed by atoms with E-state index in [9.17, 15) is 62.8 Å². The smallest absolute Gasteiger partial charge is 0.276 e. The molecule has 0 saturated carbocycles. The molecule has 0 spiro atoms. The molecular weight excluding hydrogens is 1970 g/mol. The topological polar surface area (TPSA) is 358 Å². The van der Waals surface area contributed by atoms with E-state index in [0.717, 1.165) is 0 Å². The van der Waals surface area contributed by atoms with Crippen molar-refractivity contribution in [3.8, 4) is 74.8 Å². The van der Waals surface area contributed by atoms with Gasteiger partial charge in [-0.05, 0) is 143 Å². The average molecular weight is 2060 g/mol. The number of nitrogens with zero attached hydrogens (tertiary/aromatic N) is 18. The molecule has 0 bridgehead atoms. The van der Waals surface area contributed by atoms with Gasteiger partial charge in [-0.2, -0.15) is 15.8 Å². The zero-order valence-electron chi connectivity index (χ0n) is 76.3. The van der Waals surface area contributed by atoms with Crippen molar-refractivity contribution < 1.29 is 41.4 Å². The highest BCUT2D eigenvalue weighted by Gasteiger charge is 2.40. The van der Waals surface area contributed by atoms with Crippen molar-refractivity contribution in [1.29, 1.82) is 15.8 Å². The Bertz CT molecular complexity index is 6780. The normalized spacial score (nSPS) is 15.0. The van der Waals surface area contributed by atoms with Gasteiger partial charge in [0, 0.05) is 117 Å². The highest BCUT2D eigenvalue weighted by atomic mass is 35.5. The number of halogens is 14. The number of amides is 3. The Morgan fingerprint density at radius 3 is 0.949 bits per heavy atom. The van der Waals surface area contributed by atoms with Gasteiger partial charge in [-0.3, -0.25) is 57.4 Å². The van der Waals surface area contributed by atoms with Crippen LogP contribution in [-0.2, 0) is 14.4 Å². The zero-order valence-corrected chi connectivity index (χ0v) is 83.1. The number of phenols is 1. The molecule has 714 valence electrons. The second-order valence-corrected chi connectivity index (χ2v) is 37.5. The lowest BCUT2D eigenvalue weighted by molar-refractivity contribution is -0.129. The first-order valence-electron chi connectivity index (χ1n) is 42.8. The van der Waals surface area contributed by atoms with Crippen LogP contribution in [0.1, 0.15) is 136 Å². The Balaban J connectivity index is 0.000000175. The number of nitriles is 3. The molecule has 3 aliphatic rings. The van der Waals surface area contributed by atoms with E-state index >= 15 is 8.78 Å². The first-order chi connectivity index (χ1) is 65.2. The molecule has 3 atom stereocenters. The number of pyridine rings is 9. The zero-order chi connectivity index (χ0) is 101. The fourth-order valence-corrected chi connectivity index (χ4v) is 19.7. The van der Waals surface area contributed by atoms with Gasteiger partial charge in [0.1, 0.15) is 82.7 Å². The molecule has 41 heteroatoms. The molecule has 12 heterocycles. The predicted molar refractivity (Wildman–Crippen MR) is 533 cm³/mol. The number of rotatable bonds is 15. The number of aromatic nitrogens is 9. The molecule has 0 radical (unpaired) electrons. The highest BCUT2D eigenvalue weighted by Crippen LogP contribution is 2.51. The molecule has 138 heavy (non-hydrogen) atoms. The van der Waals surface area contributed by atoms with Gasteiger partial charge in [0.2, 0.25) is 17.7 Å². The van der Waals surface area contributed by atoms with Crippen molar-refractivity contribution in [2.75, 3.05) is 85.1 Å². The second kappa shape index (κ2) is 40.8. The molecular formula is C97H86Cl9F5N20O7. The van der Waals surface area contributed by atoms with Gasteiger partial charge in [-0.15, -0.1) is 0 Å². The molecule has 27 nitrogen and oxygen atoms in total. The lowest BCUT2D eigenvalue weighted by Crippen LogP contribution is -2.54. The summed E-state index contributed by atoms with van der Waals surface area (Å²) in [5.74, 6) is -7.72. The summed E-state index contributed by atoms with van der Waals surface area (Å²) in [4.78, 5) is 119. The fraction of sp³-hybridized carbons (Fsp3) is 0.289. The summed E-state index contributed by atoms with van der Waals surface area (Å²) < 4.78 is 78.8. The van der Waals surface area contributed by atoms with Crippen LogP contribution in [0.3, 0.4) is 0 Å². The number of nitrogen functional groups attached to an aromatic ring is 2. The van der Waals surface area contributed by atoms with Gasteiger partial charge in [0.25, 0.3) is 16.7 Å². The van der Waals surface area contributed by atoms with E-state index in [2.05, 4.69) is 52.9 Å². The monoisotopic (exact) mass is 2050 g/mol. The fourth-order valence-electron chi connectivity index (χ4n) is 17.7. The van der Waals surface area contributed by atoms with Gasteiger partial charge >= 0.3 is 0 Å². The third-order valence-corrected chi connectivity index (χ3v) is 27.5. The van der Waals surface area contributed by atoms with Crippen LogP contribution in [0.25, 0.3) is 83.9 Å². The third kappa shape index (κ3) is 18.0. The van der Waals surface area contributed by atoms with Crippen LogP contribution < -0.4 is 42.8 Å². The van der Waals surface area contributed by atoms with E-state index in [1.54, 1.807) is 71.4 Å². The first kappa shape index (κ1) is 103. The Labute approximate surface area is 833 Å². The molecule has 3 amide bonds. The van der Waals surface area contributed by atoms with E-state index < -0.39 is 99.1 Å². The van der Waals surface area contributed by atoms with Crippen molar-refractivity contribution in [3.05, 3.63) is 254 Å². The van der Waals surface area contributed by atoms with Crippen LogP contribution in [0.4, 0.5) is 50.4 Å². The van der Waals surface area contributed by atoms with Gasteiger partial charge in [0.05, 0.1) is 111 Å². The standard InChI is InChI=1S/C33H30Cl3FN6O3.2C32H28Cl3F2N7O2/c1-7-22(44)42-11-10-41(14-17(42)5)30-19-12-21(34)28(23-18(6)24(35)26(37)25(36)31(23)45)40-32(19)43(33(46)20(30)13-38)29-16(4)8-9-39-27(29)15(2)3;2*1-6-20(45)43-10-9-42(13-16(43)5)30-17-11-19(33)28(21-24(36)22(34)25(37)23(35)26(21)39)41-31(17)44(32(46)18(30)12-38)29-15(4)7-8-40-27(29)14(2)3/h7-9,12,15,17,45H,1,10-11,14H2,2-6H3;2*6-8,11,14,16H,1,9-10,13,39H2,2-5H3/t17-;2*16-/m111/s1. The van der Waals surface area contributed by atoms with Crippen molar-refractivity contribution in [2.24, 2.45) is 0 Å². The van der Waals surface area contributed by atoms with E-state index in [1.807, 2.05) is 83.9 Å². The maximum absolute atomic E-state index is 15.6. The molecule has 15 rings (SSSR count).